The van der Waals surface area contributed by atoms with Crippen LogP contribution in [0.25, 0.3) is 22.2 Å². The van der Waals surface area contributed by atoms with Gasteiger partial charge in [0.2, 0.25) is 5.78 Å². The van der Waals surface area contributed by atoms with Crippen molar-refractivity contribution in [2.45, 2.75) is 19.4 Å². The van der Waals surface area contributed by atoms with Crippen molar-refractivity contribution in [1.82, 2.24) is 4.98 Å². The summed E-state index contributed by atoms with van der Waals surface area (Å²) in [5, 5.41) is 1.06. The number of fused-ring (bicyclic) bond motifs is 2. The van der Waals surface area contributed by atoms with Crippen molar-refractivity contribution in [3.8, 4) is 11.3 Å². The summed E-state index contributed by atoms with van der Waals surface area (Å²) in [7, 11) is 0. The predicted octanol–water partition coefficient (Wildman–Crippen LogP) is 7.70. The largest absolute Gasteiger partial charge is 0.450 e. The van der Waals surface area contributed by atoms with Gasteiger partial charge in [-0.15, -0.1) is 11.6 Å². The number of carbonyl (C=O) groups is 4. The third kappa shape index (κ3) is 5.48. The van der Waals surface area contributed by atoms with Crippen molar-refractivity contribution in [3.63, 3.8) is 0 Å². The van der Waals surface area contributed by atoms with E-state index in [1.165, 1.54) is 0 Å². The van der Waals surface area contributed by atoms with E-state index in [0.29, 0.717) is 49.6 Å². The van der Waals surface area contributed by atoms with Gasteiger partial charge in [0.15, 0.2) is 6.10 Å². The quantitative estimate of drug-likeness (QED) is 0.0761. The van der Waals surface area contributed by atoms with Crippen LogP contribution in [0.3, 0.4) is 0 Å². The minimum absolute atomic E-state index is 0.109. The molecule has 0 N–H and O–H groups in total. The second-order valence-electron chi connectivity index (χ2n) is 10.4. The SMILES string of the molecule is Cc1ccc2nc(-c3ccc(N4C(=O)c5ccccc5C4=O)cc3)cc(C(=O)OC(CCCl)C(=O)c3ccc(Cl)cc3)c2c1. The van der Waals surface area contributed by atoms with Crippen molar-refractivity contribution in [1.29, 1.82) is 0 Å². The van der Waals surface area contributed by atoms with E-state index in [4.69, 9.17) is 32.9 Å². The summed E-state index contributed by atoms with van der Waals surface area (Å²) in [6.45, 7) is 1.90. The first kappa shape index (κ1) is 29.2. The van der Waals surface area contributed by atoms with Gasteiger partial charge in [0.05, 0.1) is 33.6 Å². The number of halogens is 2. The number of benzene rings is 4. The summed E-state index contributed by atoms with van der Waals surface area (Å²) in [5.41, 5.74) is 4.32. The average molecular weight is 623 g/mol. The number of amides is 2. The van der Waals surface area contributed by atoms with Gasteiger partial charge in [-0.1, -0.05) is 47.5 Å². The lowest BCUT2D eigenvalue weighted by molar-refractivity contribution is 0.0280. The lowest BCUT2D eigenvalue weighted by Crippen LogP contribution is -2.29. The van der Waals surface area contributed by atoms with Crippen LogP contribution in [0.15, 0.2) is 97.1 Å². The molecule has 1 aromatic heterocycles. The van der Waals surface area contributed by atoms with Crippen LogP contribution in [0.2, 0.25) is 5.02 Å². The van der Waals surface area contributed by atoms with Crippen molar-refractivity contribution >= 4 is 63.4 Å². The van der Waals surface area contributed by atoms with Crippen molar-refractivity contribution in [2.75, 3.05) is 10.8 Å². The highest BCUT2D eigenvalue weighted by molar-refractivity contribution is 6.34. The maximum Gasteiger partial charge on any atom is 0.339 e. The fraction of sp³-hybridized carbons (Fsp3) is 0.114. The topological polar surface area (TPSA) is 93.6 Å². The molecule has 1 unspecified atom stereocenters. The molecule has 2 amide bonds. The van der Waals surface area contributed by atoms with E-state index >= 15 is 0 Å². The lowest BCUT2D eigenvalue weighted by atomic mass is 10.0. The monoisotopic (exact) mass is 622 g/mol. The number of hydrogen-bond acceptors (Lipinski definition) is 6. The first-order valence-corrected chi connectivity index (χ1v) is 14.7. The maximum atomic E-state index is 13.7. The number of Topliss-reactive ketones (excluding diaryl/α,β-unsaturated/α-hetero) is 1. The lowest BCUT2D eigenvalue weighted by Gasteiger charge is -2.18. The van der Waals surface area contributed by atoms with Crippen LogP contribution in [0.5, 0.6) is 0 Å². The Hall–Kier alpha value is -4.85. The van der Waals surface area contributed by atoms with E-state index < -0.39 is 12.1 Å². The minimum Gasteiger partial charge on any atom is -0.450 e. The molecule has 0 aliphatic carbocycles. The van der Waals surface area contributed by atoms with E-state index in [0.717, 1.165) is 10.5 Å². The number of ketones is 1. The second kappa shape index (κ2) is 12.0. The van der Waals surface area contributed by atoms with Gasteiger partial charge in [0.1, 0.15) is 0 Å². The molecule has 5 aromatic rings. The highest BCUT2D eigenvalue weighted by atomic mass is 35.5. The van der Waals surface area contributed by atoms with Gasteiger partial charge >= 0.3 is 5.97 Å². The molecular formula is C35H24Cl2N2O5. The molecule has 0 spiro atoms. The van der Waals surface area contributed by atoms with Gasteiger partial charge in [-0.2, -0.15) is 0 Å². The Bertz CT molecular complexity index is 1920. The Morgan fingerprint density at radius 3 is 2.16 bits per heavy atom. The zero-order chi connectivity index (χ0) is 31.0. The maximum absolute atomic E-state index is 13.7. The van der Waals surface area contributed by atoms with E-state index in [-0.39, 0.29) is 35.5 Å². The number of rotatable bonds is 8. The first-order valence-electron chi connectivity index (χ1n) is 13.8. The summed E-state index contributed by atoms with van der Waals surface area (Å²) < 4.78 is 5.79. The minimum atomic E-state index is -1.10. The molecular weight excluding hydrogens is 599 g/mol. The average Bonchev–Trinajstić information content (AvgIpc) is 3.29. The molecule has 6 rings (SSSR count). The molecule has 9 heteroatoms. The number of esters is 1. The van der Waals surface area contributed by atoms with Crippen molar-refractivity contribution in [2.24, 2.45) is 0 Å². The number of hydrogen-bond donors (Lipinski definition) is 0. The molecule has 1 aliphatic heterocycles. The molecule has 0 saturated carbocycles. The first-order chi connectivity index (χ1) is 21.2. The van der Waals surface area contributed by atoms with Gasteiger partial charge in [-0.3, -0.25) is 14.4 Å². The van der Waals surface area contributed by atoms with Gasteiger partial charge in [0, 0.05) is 33.8 Å². The molecule has 1 atom stereocenters. The van der Waals surface area contributed by atoms with Crippen LogP contribution >= 0.6 is 23.2 Å². The Morgan fingerprint density at radius 1 is 0.864 bits per heavy atom. The molecule has 0 bridgehead atoms. The number of ether oxygens (including phenoxy) is 1. The number of aryl methyl sites for hydroxylation is 1. The third-order valence-corrected chi connectivity index (χ3v) is 7.91. The molecule has 1 aliphatic rings. The fourth-order valence-corrected chi connectivity index (χ4v) is 5.52. The highest BCUT2D eigenvalue weighted by Gasteiger charge is 2.36. The summed E-state index contributed by atoms with van der Waals surface area (Å²) in [6.07, 6.45) is -0.972. The van der Waals surface area contributed by atoms with Crippen LogP contribution in [0, 0.1) is 6.92 Å². The third-order valence-electron chi connectivity index (χ3n) is 7.44. The number of nitrogens with zero attached hydrogens (tertiary/aromatic N) is 2. The molecule has 0 fully saturated rings. The molecule has 44 heavy (non-hydrogen) atoms. The van der Waals surface area contributed by atoms with E-state index in [1.807, 2.05) is 25.1 Å². The molecule has 0 radical (unpaired) electrons. The van der Waals surface area contributed by atoms with E-state index in [9.17, 15) is 19.2 Å². The van der Waals surface area contributed by atoms with Crippen molar-refractivity contribution in [3.05, 3.63) is 130 Å². The van der Waals surface area contributed by atoms with Gasteiger partial charge in [-0.25, -0.2) is 14.7 Å². The normalized spacial score (nSPS) is 13.2. The summed E-state index contributed by atoms with van der Waals surface area (Å²) >= 11 is 12.0. The Morgan fingerprint density at radius 2 is 1.52 bits per heavy atom. The zero-order valence-corrected chi connectivity index (χ0v) is 24.9. The zero-order valence-electron chi connectivity index (χ0n) is 23.4. The van der Waals surface area contributed by atoms with Gasteiger partial charge < -0.3 is 4.74 Å². The van der Waals surface area contributed by atoms with Crippen LogP contribution < -0.4 is 4.90 Å². The van der Waals surface area contributed by atoms with Crippen LogP contribution in [0.4, 0.5) is 5.69 Å². The fourth-order valence-electron chi connectivity index (χ4n) is 5.20. The number of alkyl halides is 1. The van der Waals surface area contributed by atoms with Crippen LogP contribution in [0.1, 0.15) is 53.4 Å². The molecule has 2 heterocycles. The van der Waals surface area contributed by atoms with Gasteiger partial charge in [-0.05, 0) is 73.7 Å². The summed E-state index contributed by atoms with van der Waals surface area (Å²) in [5.74, 6) is -1.74. The summed E-state index contributed by atoms with van der Waals surface area (Å²) in [6, 6.07) is 27.0. The second-order valence-corrected chi connectivity index (χ2v) is 11.2. The molecule has 218 valence electrons. The number of imide groups is 1. The Labute approximate surface area is 263 Å². The van der Waals surface area contributed by atoms with Crippen LogP contribution in [-0.2, 0) is 4.74 Å². The standard InChI is InChI=1S/C35H24Cl2N2O5/c1-20-6-15-29-27(18-20)28(35(43)44-31(16-17-36)32(40)22-7-11-23(37)12-8-22)19-30(38-29)21-9-13-24(14-10-21)39-33(41)25-4-2-3-5-26(25)34(39)42/h2-15,18-19,31H,16-17H2,1H3. The van der Waals surface area contributed by atoms with Crippen molar-refractivity contribution < 1.29 is 23.9 Å². The number of anilines is 1. The molecule has 0 saturated heterocycles. The predicted molar refractivity (Wildman–Crippen MR) is 170 cm³/mol. The van der Waals surface area contributed by atoms with Gasteiger partial charge in [0.25, 0.3) is 11.8 Å². The number of pyridine rings is 1. The molecule has 7 nitrogen and oxygen atoms in total. The summed E-state index contributed by atoms with van der Waals surface area (Å²) in [4.78, 5) is 58.7. The number of carbonyl (C=O) groups excluding carboxylic acids is 4. The van der Waals surface area contributed by atoms with E-state index in [1.54, 1.807) is 78.9 Å². The smallest absolute Gasteiger partial charge is 0.339 e. The number of aromatic nitrogens is 1. The Kier molecular flexibility index (Phi) is 7.99. The highest BCUT2D eigenvalue weighted by Crippen LogP contribution is 2.32. The van der Waals surface area contributed by atoms with Crippen LogP contribution in [-0.4, -0.2) is 40.5 Å². The Balaban J connectivity index is 1.33. The molecule has 4 aromatic carbocycles. The van der Waals surface area contributed by atoms with E-state index in [2.05, 4.69) is 0 Å².